The van der Waals surface area contributed by atoms with E-state index in [9.17, 15) is 9.59 Å². The van der Waals surface area contributed by atoms with Crippen molar-refractivity contribution in [1.29, 1.82) is 0 Å². The molecule has 1 aliphatic heterocycles. The molecular weight excluding hydrogens is 308 g/mol. The first kappa shape index (κ1) is 15.5. The summed E-state index contributed by atoms with van der Waals surface area (Å²) in [5, 5.41) is 0. The van der Waals surface area contributed by atoms with E-state index in [1.54, 1.807) is 18.2 Å². The molecule has 4 rings (SSSR count). The fourth-order valence-electron chi connectivity index (χ4n) is 4.35. The fraction of sp³-hybridized carbons (Fsp3) is 0.579. The van der Waals surface area contributed by atoms with Crippen molar-refractivity contribution in [2.24, 2.45) is 17.8 Å². The normalized spacial score (nSPS) is 27.1. The quantitative estimate of drug-likeness (QED) is 0.613. The van der Waals surface area contributed by atoms with Crippen LogP contribution < -0.4 is 9.47 Å². The number of fused-ring (bicyclic) bond motifs is 3. The van der Waals surface area contributed by atoms with Gasteiger partial charge in [-0.25, -0.2) is 0 Å². The highest BCUT2D eigenvalue weighted by molar-refractivity contribution is 5.98. The van der Waals surface area contributed by atoms with Crippen LogP contribution in [0.4, 0.5) is 0 Å². The number of rotatable bonds is 5. The highest BCUT2D eigenvalue weighted by Gasteiger charge is 2.40. The first-order valence-electron chi connectivity index (χ1n) is 8.77. The molecule has 5 heteroatoms. The van der Waals surface area contributed by atoms with Gasteiger partial charge in [0.15, 0.2) is 23.9 Å². The van der Waals surface area contributed by atoms with E-state index in [2.05, 4.69) is 0 Å². The Balaban J connectivity index is 1.29. The second-order valence-electron chi connectivity index (χ2n) is 7.08. The maximum atomic E-state index is 12.2. The van der Waals surface area contributed by atoms with Gasteiger partial charge in [-0.3, -0.25) is 9.59 Å². The van der Waals surface area contributed by atoms with Gasteiger partial charge >= 0.3 is 5.97 Å². The molecule has 0 radical (unpaired) electrons. The van der Waals surface area contributed by atoms with Gasteiger partial charge in [0, 0.05) is 12.0 Å². The molecule has 128 valence electrons. The van der Waals surface area contributed by atoms with Crippen molar-refractivity contribution in [3.05, 3.63) is 23.8 Å². The van der Waals surface area contributed by atoms with Gasteiger partial charge < -0.3 is 14.2 Å². The third-order valence-corrected chi connectivity index (χ3v) is 5.54. The third kappa shape index (κ3) is 3.12. The molecule has 2 aliphatic carbocycles. The molecule has 3 atom stereocenters. The van der Waals surface area contributed by atoms with Crippen LogP contribution in [0.25, 0.3) is 0 Å². The van der Waals surface area contributed by atoms with Crippen molar-refractivity contribution in [1.82, 2.24) is 0 Å². The minimum Gasteiger partial charge on any atom is -0.486 e. The topological polar surface area (TPSA) is 61.8 Å². The average Bonchev–Trinajstić information content (AvgIpc) is 3.22. The van der Waals surface area contributed by atoms with Gasteiger partial charge in [0.05, 0.1) is 0 Å². The average molecular weight is 330 g/mol. The van der Waals surface area contributed by atoms with Crippen molar-refractivity contribution in [3.8, 4) is 11.5 Å². The van der Waals surface area contributed by atoms with Crippen molar-refractivity contribution < 1.29 is 23.8 Å². The van der Waals surface area contributed by atoms with Crippen LogP contribution in [0, 0.1) is 17.8 Å². The van der Waals surface area contributed by atoms with Crippen LogP contribution in [0.15, 0.2) is 18.2 Å². The van der Waals surface area contributed by atoms with Crippen LogP contribution in [0.3, 0.4) is 0 Å². The Bertz CT molecular complexity index is 653. The van der Waals surface area contributed by atoms with Gasteiger partial charge in [-0.1, -0.05) is 6.42 Å². The highest BCUT2D eigenvalue weighted by Crippen LogP contribution is 2.49. The summed E-state index contributed by atoms with van der Waals surface area (Å²) in [6.45, 7) is 0.781. The summed E-state index contributed by atoms with van der Waals surface area (Å²) in [4.78, 5) is 24.3. The van der Waals surface area contributed by atoms with E-state index in [4.69, 9.17) is 14.2 Å². The monoisotopic (exact) mass is 330 g/mol. The zero-order valence-electron chi connectivity index (χ0n) is 13.7. The molecule has 2 fully saturated rings. The maximum Gasteiger partial charge on any atom is 0.306 e. The zero-order valence-corrected chi connectivity index (χ0v) is 13.7. The van der Waals surface area contributed by atoms with E-state index in [0.29, 0.717) is 48.5 Å². The number of carbonyl (C=O) groups excluding carboxylic acids is 2. The Kier molecular flexibility index (Phi) is 4.17. The van der Waals surface area contributed by atoms with E-state index >= 15 is 0 Å². The molecule has 2 saturated carbocycles. The summed E-state index contributed by atoms with van der Waals surface area (Å²) >= 11 is 0. The van der Waals surface area contributed by atoms with Crippen molar-refractivity contribution in [2.45, 2.75) is 32.1 Å². The van der Waals surface area contributed by atoms with Gasteiger partial charge in [0.1, 0.15) is 13.2 Å². The molecular formula is C19H22O5. The molecule has 1 aromatic rings. The standard InChI is InChI=1S/C19H22O5/c20-16(14-3-4-17-18(9-14)23-6-5-22-17)11-24-19(21)10-15-8-12-1-2-13(15)7-12/h3-4,9,12-13,15H,1-2,5-8,10-11H2/t12-,13-,15+/m1/s1. The number of hydrogen-bond donors (Lipinski definition) is 0. The fourth-order valence-corrected chi connectivity index (χ4v) is 4.35. The third-order valence-electron chi connectivity index (χ3n) is 5.54. The Labute approximate surface area is 141 Å². The molecule has 1 aromatic carbocycles. The number of ketones is 1. The maximum absolute atomic E-state index is 12.2. The lowest BCUT2D eigenvalue weighted by molar-refractivity contribution is -0.144. The van der Waals surface area contributed by atoms with Crippen LogP contribution in [-0.4, -0.2) is 31.6 Å². The van der Waals surface area contributed by atoms with E-state index < -0.39 is 0 Å². The zero-order chi connectivity index (χ0) is 16.5. The summed E-state index contributed by atoms with van der Waals surface area (Å²) in [6, 6.07) is 5.05. The van der Waals surface area contributed by atoms with E-state index in [0.717, 1.165) is 12.3 Å². The first-order valence-corrected chi connectivity index (χ1v) is 8.77. The SMILES string of the molecule is O=C(C[C@@H]1C[C@@H]2CC[C@@H]1C2)OCC(=O)c1ccc2c(c1)OCCO2. The second-order valence-corrected chi connectivity index (χ2v) is 7.08. The van der Waals surface area contributed by atoms with Gasteiger partial charge in [0.2, 0.25) is 0 Å². The lowest BCUT2D eigenvalue weighted by atomic mass is 9.86. The number of hydrogen-bond acceptors (Lipinski definition) is 5. The predicted molar refractivity (Wildman–Crippen MR) is 86.3 cm³/mol. The van der Waals surface area contributed by atoms with Crippen LogP contribution in [-0.2, 0) is 9.53 Å². The van der Waals surface area contributed by atoms with E-state index in [1.807, 2.05) is 0 Å². The number of Topliss-reactive ketones (excluding diaryl/α,β-unsaturated/α-hetero) is 1. The summed E-state index contributed by atoms with van der Waals surface area (Å²) < 4.78 is 16.1. The van der Waals surface area contributed by atoms with Gasteiger partial charge in [-0.2, -0.15) is 0 Å². The molecule has 0 unspecified atom stereocenters. The number of benzene rings is 1. The summed E-state index contributed by atoms with van der Waals surface area (Å²) in [7, 11) is 0. The molecule has 2 bridgehead atoms. The van der Waals surface area contributed by atoms with E-state index in [-0.39, 0.29) is 18.4 Å². The number of esters is 1. The molecule has 0 aromatic heterocycles. The Morgan fingerprint density at radius 3 is 2.67 bits per heavy atom. The molecule has 24 heavy (non-hydrogen) atoms. The van der Waals surface area contributed by atoms with Crippen LogP contribution in [0.2, 0.25) is 0 Å². The summed E-state index contributed by atoms with van der Waals surface area (Å²) in [5.41, 5.74) is 0.479. The Morgan fingerprint density at radius 2 is 1.92 bits per heavy atom. The molecule has 1 heterocycles. The summed E-state index contributed by atoms with van der Waals surface area (Å²) in [6.07, 6.45) is 5.44. The molecule has 5 nitrogen and oxygen atoms in total. The molecule has 0 N–H and O–H groups in total. The number of carbonyl (C=O) groups is 2. The van der Waals surface area contributed by atoms with Gasteiger partial charge in [-0.05, 0) is 55.2 Å². The second kappa shape index (κ2) is 6.46. The van der Waals surface area contributed by atoms with Crippen LogP contribution in [0.5, 0.6) is 11.5 Å². The molecule has 0 saturated heterocycles. The minimum absolute atomic E-state index is 0.209. The molecule has 0 amide bonds. The largest absolute Gasteiger partial charge is 0.486 e. The Morgan fingerprint density at radius 1 is 1.08 bits per heavy atom. The van der Waals surface area contributed by atoms with Gasteiger partial charge in [-0.15, -0.1) is 0 Å². The predicted octanol–water partition coefficient (Wildman–Crippen LogP) is 3.01. The first-order chi connectivity index (χ1) is 11.7. The van der Waals surface area contributed by atoms with Crippen molar-refractivity contribution in [2.75, 3.05) is 19.8 Å². The lowest BCUT2D eigenvalue weighted by Crippen LogP contribution is -2.20. The van der Waals surface area contributed by atoms with E-state index in [1.165, 1.54) is 19.3 Å². The molecule has 0 spiro atoms. The van der Waals surface area contributed by atoms with Crippen molar-refractivity contribution >= 4 is 11.8 Å². The van der Waals surface area contributed by atoms with Gasteiger partial charge in [0.25, 0.3) is 0 Å². The highest BCUT2D eigenvalue weighted by atomic mass is 16.6. The lowest BCUT2D eigenvalue weighted by Gasteiger charge is -2.20. The van der Waals surface area contributed by atoms with Crippen molar-refractivity contribution in [3.63, 3.8) is 0 Å². The Hall–Kier alpha value is -2.04. The molecule has 3 aliphatic rings. The summed E-state index contributed by atoms with van der Waals surface area (Å²) in [5.74, 6) is 2.71. The van der Waals surface area contributed by atoms with Crippen LogP contribution >= 0.6 is 0 Å². The minimum atomic E-state index is -0.251. The van der Waals surface area contributed by atoms with Crippen LogP contribution in [0.1, 0.15) is 42.5 Å². The number of ether oxygens (including phenoxy) is 3. The smallest absolute Gasteiger partial charge is 0.306 e.